The Hall–Kier alpha value is -2.63. The normalized spacial score (nSPS) is 10.9. The number of nitrogens with two attached hydrogens (primary N) is 1. The molecule has 3 rings (SSSR count). The monoisotopic (exact) mass is 275 g/mol. The zero-order valence-electron chi connectivity index (χ0n) is 10.1. The molecule has 0 bridgehead atoms. The molecule has 3 aromatic rings. The highest BCUT2D eigenvalue weighted by molar-refractivity contribution is 5.89. The van der Waals surface area contributed by atoms with Crippen LogP contribution in [0.3, 0.4) is 0 Å². The number of hydrogen-bond donors (Lipinski definition) is 1. The van der Waals surface area contributed by atoms with E-state index in [1.54, 1.807) is 0 Å². The highest BCUT2D eigenvalue weighted by Gasteiger charge is 2.16. The summed E-state index contributed by atoms with van der Waals surface area (Å²) in [5, 5.41) is 0.423. The highest BCUT2D eigenvalue weighted by atomic mass is 19.1. The summed E-state index contributed by atoms with van der Waals surface area (Å²) in [4.78, 5) is 7.86. The van der Waals surface area contributed by atoms with Crippen LogP contribution in [0.1, 0.15) is 0 Å². The van der Waals surface area contributed by atoms with Gasteiger partial charge in [-0.15, -0.1) is 0 Å². The Morgan fingerprint density at radius 2 is 1.60 bits per heavy atom. The van der Waals surface area contributed by atoms with Crippen molar-refractivity contribution in [3.8, 4) is 11.4 Å². The number of nitrogens with zero attached hydrogens (tertiary/aromatic N) is 2. The molecule has 0 saturated carbocycles. The maximum Gasteiger partial charge on any atom is 0.168 e. The third kappa shape index (κ3) is 1.95. The second-order valence-corrected chi connectivity index (χ2v) is 4.19. The minimum absolute atomic E-state index is 0.0349. The Balaban J connectivity index is 2.32. The molecular formula is C14H8F3N3. The third-order valence-electron chi connectivity index (χ3n) is 2.87. The molecule has 0 unspecified atom stereocenters. The van der Waals surface area contributed by atoms with Gasteiger partial charge in [0, 0.05) is 11.5 Å². The van der Waals surface area contributed by atoms with Crippen LogP contribution in [-0.2, 0) is 0 Å². The number of rotatable bonds is 1. The first-order valence-electron chi connectivity index (χ1n) is 5.73. The lowest BCUT2D eigenvalue weighted by atomic mass is 10.1. The quantitative estimate of drug-likeness (QED) is 0.741. The molecule has 0 aliphatic carbocycles. The van der Waals surface area contributed by atoms with E-state index in [4.69, 9.17) is 5.73 Å². The van der Waals surface area contributed by atoms with Crippen LogP contribution in [-0.4, -0.2) is 9.97 Å². The topological polar surface area (TPSA) is 51.8 Å². The molecule has 100 valence electrons. The minimum atomic E-state index is -0.805. The lowest BCUT2D eigenvalue weighted by Gasteiger charge is -2.07. The maximum absolute atomic E-state index is 13.7. The van der Waals surface area contributed by atoms with E-state index in [0.717, 1.165) is 18.2 Å². The minimum Gasteiger partial charge on any atom is -0.383 e. The van der Waals surface area contributed by atoms with Crippen molar-refractivity contribution in [1.29, 1.82) is 0 Å². The van der Waals surface area contributed by atoms with Gasteiger partial charge in [0.15, 0.2) is 5.82 Å². The van der Waals surface area contributed by atoms with Gasteiger partial charge in [0.2, 0.25) is 0 Å². The average molecular weight is 275 g/mol. The lowest BCUT2D eigenvalue weighted by Crippen LogP contribution is -2.01. The second kappa shape index (κ2) is 4.48. The fourth-order valence-corrected chi connectivity index (χ4v) is 1.95. The first-order valence-corrected chi connectivity index (χ1v) is 5.73. The van der Waals surface area contributed by atoms with E-state index >= 15 is 0 Å². The van der Waals surface area contributed by atoms with Gasteiger partial charge >= 0.3 is 0 Å². The van der Waals surface area contributed by atoms with Gasteiger partial charge in [0.1, 0.15) is 23.3 Å². The van der Waals surface area contributed by atoms with Crippen molar-refractivity contribution < 1.29 is 13.2 Å². The van der Waals surface area contributed by atoms with Crippen LogP contribution in [0.4, 0.5) is 19.0 Å². The van der Waals surface area contributed by atoms with Gasteiger partial charge in [0.05, 0.1) is 11.1 Å². The molecule has 2 N–H and O–H groups in total. The van der Waals surface area contributed by atoms with Crippen LogP contribution < -0.4 is 5.73 Å². The summed E-state index contributed by atoms with van der Waals surface area (Å²) in [6, 6.07) is 7.18. The molecular weight excluding hydrogens is 267 g/mol. The Kier molecular flexibility index (Phi) is 2.78. The summed E-state index contributed by atoms with van der Waals surface area (Å²) in [6.07, 6.45) is 0. The molecule has 3 nitrogen and oxygen atoms in total. The predicted octanol–water partition coefficient (Wildman–Crippen LogP) is 3.30. The van der Waals surface area contributed by atoms with Crippen LogP contribution in [0, 0.1) is 17.5 Å². The highest BCUT2D eigenvalue weighted by Crippen LogP contribution is 2.27. The molecule has 0 fully saturated rings. The van der Waals surface area contributed by atoms with Crippen molar-refractivity contribution in [3.63, 3.8) is 0 Å². The van der Waals surface area contributed by atoms with E-state index in [0.29, 0.717) is 5.39 Å². The SMILES string of the molecule is Nc1nc(-c2c(F)cccc2F)nc2cc(F)ccc12. The third-order valence-corrected chi connectivity index (χ3v) is 2.87. The summed E-state index contributed by atoms with van der Waals surface area (Å²) >= 11 is 0. The second-order valence-electron chi connectivity index (χ2n) is 4.19. The number of aromatic nitrogens is 2. The summed E-state index contributed by atoms with van der Waals surface area (Å²) in [6.45, 7) is 0. The van der Waals surface area contributed by atoms with Gasteiger partial charge < -0.3 is 5.73 Å². The maximum atomic E-state index is 13.7. The van der Waals surface area contributed by atoms with Gasteiger partial charge in [-0.1, -0.05) is 6.07 Å². The van der Waals surface area contributed by atoms with Crippen molar-refractivity contribution in [3.05, 3.63) is 53.8 Å². The summed E-state index contributed by atoms with van der Waals surface area (Å²) < 4.78 is 40.6. The molecule has 0 aliphatic heterocycles. The molecule has 2 aromatic carbocycles. The number of halogens is 3. The molecule has 0 aliphatic rings. The molecule has 6 heteroatoms. The largest absolute Gasteiger partial charge is 0.383 e. The Morgan fingerprint density at radius 3 is 2.30 bits per heavy atom. The number of nitrogen functional groups attached to an aromatic ring is 1. The predicted molar refractivity (Wildman–Crippen MR) is 69.3 cm³/mol. The van der Waals surface area contributed by atoms with Gasteiger partial charge in [-0.2, -0.15) is 0 Å². The van der Waals surface area contributed by atoms with Crippen LogP contribution in [0.5, 0.6) is 0 Å². The number of fused-ring (bicyclic) bond motifs is 1. The molecule has 0 saturated heterocycles. The molecule has 1 heterocycles. The molecule has 0 atom stereocenters. The zero-order valence-corrected chi connectivity index (χ0v) is 10.1. The summed E-state index contributed by atoms with van der Waals surface area (Å²) in [5.74, 6) is -2.31. The van der Waals surface area contributed by atoms with Crippen molar-refractivity contribution in [2.75, 3.05) is 5.73 Å². The van der Waals surface area contributed by atoms with Gasteiger partial charge in [-0.25, -0.2) is 23.1 Å². The Bertz CT molecular complexity index is 798. The first kappa shape index (κ1) is 12.4. The molecule has 0 spiro atoms. The van der Waals surface area contributed by atoms with E-state index < -0.39 is 17.5 Å². The standard InChI is InChI=1S/C14H8F3N3/c15-7-4-5-8-11(6-7)19-14(20-13(8)18)12-9(16)2-1-3-10(12)17/h1-6H,(H2,18,19,20). The summed E-state index contributed by atoms with van der Waals surface area (Å²) in [5.41, 5.74) is 5.53. The van der Waals surface area contributed by atoms with Crippen LogP contribution in [0.15, 0.2) is 36.4 Å². The van der Waals surface area contributed by atoms with E-state index in [1.165, 1.54) is 18.2 Å². The van der Waals surface area contributed by atoms with Crippen molar-refractivity contribution in [1.82, 2.24) is 9.97 Å². The van der Waals surface area contributed by atoms with E-state index in [1.807, 2.05) is 0 Å². The first-order chi connectivity index (χ1) is 9.56. The van der Waals surface area contributed by atoms with Gasteiger partial charge in [0.25, 0.3) is 0 Å². The van der Waals surface area contributed by atoms with Crippen LogP contribution in [0.2, 0.25) is 0 Å². The molecule has 0 amide bonds. The van der Waals surface area contributed by atoms with Crippen molar-refractivity contribution >= 4 is 16.7 Å². The van der Waals surface area contributed by atoms with E-state index in [-0.39, 0.29) is 22.7 Å². The smallest absolute Gasteiger partial charge is 0.168 e. The van der Waals surface area contributed by atoms with E-state index in [2.05, 4.69) is 9.97 Å². The van der Waals surface area contributed by atoms with Crippen molar-refractivity contribution in [2.24, 2.45) is 0 Å². The Morgan fingerprint density at radius 1 is 0.900 bits per heavy atom. The zero-order chi connectivity index (χ0) is 14.3. The fourth-order valence-electron chi connectivity index (χ4n) is 1.95. The molecule has 20 heavy (non-hydrogen) atoms. The van der Waals surface area contributed by atoms with Crippen LogP contribution in [0.25, 0.3) is 22.3 Å². The number of benzene rings is 2. The Labute approximate surface area is 111 Å². The van der Waals surface area contributed by atoms with Gasteiger partial charge in [-0.05, 0) is 24.3 Å². The lowest BCUT2D eigenvalue weighted by molar-refractivity contribution is 0.587. The van der Waals surface area contributed by atoms with E-state index in [9.17, 15) is 13.2 Å². The van der Waals surface area contributed by atoms with Crippen LogP contribution >= 0.6 is 0 Å². The number of anilines is 1. The molecule has 1 aromatic heterocycles. The average Bonchev–Trinajstić information content (AvgIpc) is 2.38. The van der Waals surface area contributed by atoms with Gasteiger partial charge in [-0.3, -0.25) is 0 Å². The fraction of sp³-hybridized carbons (Fsp3) is 0. The van der Waals surface area contributed by atoms with Crippen molar-refractivity contribution in [2.45, 2.75) is 0 Å². The summed E-state index contributed by atoms with van der Waals surface area (Å²) in [7, 11) is 0. The number of hydrogen-bond acceptors (Lipinski definition) is 3. The molecule has 0 radical (unpaired) electrons.